The van der Waals surface area contributed by atoms with Crippen LogP contribution in [0.3, 0.4) is 0 Å². The minimum absolute atomic E-state index is 0.412. The summed E-state index contributed by atoms with van der Waals surface area (Å²) in [6.07, 6.45) is 1.26. The van der Waals surface area contributed by atoms with E-state index in [-0.39, 0.29) is 0 Å². The largest absolute Gasteiger partial charge is 0.489 e. The zero-order valence-corrected chi connectivity index (χ0v) is 20.6. The fourth-order valence-corrected chi connectivity index (χ4v) is 3.56. The van der Waals surface area contributed by atoms with Crippen molar-refractivity contribution in [2.75, 3.05) is 0 Å². The van der Waals surface area contributed by atoms with Crippen molar-refractivity contribution in [2.24, 2.45) is 0 Å². The summed E-state index contributed by atoms with van der Waals surface area (Å²) < 4.78 is 11.4. The molecule has 2 unspecified atom stereocenters. The predicted molar refractivity (Wildman–Crippen MR) is 143 cm³/mol. The van der Waals surface area contributed by atoms with Crippen molar-refractivity contribution in [1.29, 1.82) is 10.5 Å². The second-order valence-corrected chi connectivity index (χ2v) is 8.11. The van der Waals surface area contributed by atoms with E-state index in [1.165, 1.54) is 0 Å². The standard InChI is InChI=1S/2C16H13NO2/c2*17-10-14(11-18)15-8-4-5-9-16(15)19-12-13-6-2-1-3-7-13/h2*1-9,11,14H,12H2. The number of nitrogens with zero attached hydrogens (tertiary/aromatic N) is 2. The molecule has 0 fully saturated rings. The summed E-state index contributed by atoms with van der Waals surface area (Å²) in [5.41, 5.74) is 3.29. The molecule has 38 heavy (non-hydrogen) atoms. The molecule has 6 nitrogen and oxygen atoms in total. The molecule has 0 N–H and O–H groups in total. The van der Waals surface area contributed by atoms with Crippen LogP contribution in [0.4, 0.5) is 0 Å². The van der Waals surface area contributed by atoms with Crippen molar-refractivity contribution in [1.82, 2.24) is 0 Å². The van der Waals surface area contributed by atoms with Gasteiger partial charge in [-0.2, -0.15) is 10.5 Å². The number of aldehydes is 2. The summed E-state index contributed by atoms with van der Waals surface area (Å²) in [6, 6.07) is 37.6. The van der Waals surface area contributed by atoms with Crippen molar-refractivity contribution >= 4 is 12.6 Å². The number of para-hydroxylation sites is 2. The van der Waals surface area contributed by atoms with Crippen LogP contribution in [0.5, 0.6) is 11.5 Å². The van der Waals surface area contributed by atoms with E-state index in [0.717, 1.165) is 11.1 Å². The molecule has 0 heterocycles. The molecule has 6 heteroatoms. The lowest BCUT2D eigenvalue weighted by Crippen LogP contribution is -2.03. The van der Waals surface area contributed by atoms with Gasteiger partial charge >= 0.3 is 0 Å². The normalized spacial score (nSPS) is 11.3. The summed E-state index contributed by atoms with van der Waals surface area (Å²) in [7, 11) is 0. The Morgan fingerprint density at radius 1 is 0.553 bits per heavy atom. The van der Waals surface area contributed by atoms with Crippen molar-refractivity contribution in [3.63, 3.8) is 0 Å². The highest BCUT2D eigenvalue weighted by Gasteiger charge is 2.15. The molecule has 4 rings (SSSR count). The van der Waals surface area contributed by atoms with Gasteiger partial charge in [-0.3, -0.25) is 0 Å². The minimum atomic E-state index is -0.785. The van der Waals surface area contributed by atoms with Gasteiger partial charge in [0.05, 0.1) is 12.1 Å². The van der Waals surface area contributed by atoms with Crippen molar-refractivity contribution in [3.8, 4) is 23.6 Å². The van der Waals surface area contributed by atoms with E-state index in [1.54, 1.807) is 36.4 Å². The Hall–Kier alpha value is -5.20. The topological polar surface area (TPSA) is 100 Å². The number of ether oxygens (including phenoxy) is 2. The van der Waals surface area contributed by atoms with Gasteiger partial charge in [0.2, 0.25) is 0 Å². The van der Waals surface area contributed by atoms with Gasteiger partial charge in [-0.1, -0.05) is 97.1 Å². The molecule has 0 aliphatic heterocycles. The van der Waals surface area contributed by atoms with Crippen molar-refractivity contribution in [2.45, 2.75) is 25.0 Å². The van der Waals surface area contributed by atoms with E-state index in [2.05, 4.69) is 0 Å². The molecule has 0 aromatic heterocycles. The lowest BCUT2D eigenvalue weighted by Gasteiger charge is -2.12. The third kappa shape index (κ3) is 7.91. The summed E-state index contributed by atoms with van der Waals surface area (Å²) in [6.45, 7) is 0.823. The third-order valence-electron chi connectivity index (χ3n) is 5.53. The first-order chi connectivity index (χ1) is 18.7. The van der Waals surface area contributed by atoms with Crippen molar-refractivity contribution in [3.05, 3.63) is 131 Å². The molecule has 0 spiro atoms. The maximum Gasteiger partial charge on any atom is 0.141 e. The van der Waals surface area contributed by atoms with Gasteiger partial charge < -0.3 is 19.1 Å². The summed E-state index contributed by atoms with van der Waals surface area (Å²) in [4.78, 5) is 21.8. The van der Waals surface area contributed by atoms with Crippen LogP contribution in [-0.4, -0.2) is 12.6 Å². The Labute approximate surface area is 222 Å². The van der Waals surface area contributed by atoms with Crippen LogP contribution >= 0.6 is 0 Å². The Morgan fingerprint density at radius 3 is 1.24 bits per heavy atom. The van der Waals surface area contributed by atoms with Crippen LogP contribution in [-0.2, 0) is 22.8 Å². The smallest absolute Gasteiger partial charge is 0.141 e. The van der Waals surface area contributed by atoms with Gasteiger partial charge in [-0.15, -0.1) is 0 Å². The quantitative estimate of drug-likeness (QED) is 0.241. The molecule has 2 atom stereocenters. The number of rotatable bonds is 10. The fraction of sp³-hybridized carbons (Fsp3) is 0.125. The third-order valence-corrected chi connectivity index (χ3v) is 5.53. The average molecular weight is 503 g/mol. The van der Waals surface area contributed by atoms with Gasteiger partial charge in [0.25, 0.3) is 0 Å². The number of hydrogen-bond acceptors (Lipinski definition) is 6. The lowest BCUT2D eigenvalue weighted by molar-refractivity contribution is -0.108. The maximum absolute atomic E-state index is 10.9. The average Bonchev–Trinajstić information content (AvgIpc) is 2.99. The molecule has 0 aliphatic carbocycles. The van der Waals surface area contributed by atoms with Gasteiger partial charge in [0.15, 0.2) is 0 Å². The first-order valence-electron chi connectivity index (χ1n) is 11.9. The molecule has 0 radical (unpaired) electrons. The van der Waals surface area contributed by atoms with E-state index < -0.39 is 11.8 Å². The number of carbonyl (C=O) groups excluding carboxylic acids is 2. The zero-order valence-electron chi connectivity index (χ0n) is 20.6. The maximum atomic E-state index is 10.9. The van der Waals surface area contributed by atoms with Crippen LogP contribution in [0.1, 0.15) is 34.1 Å². The number of carbonyl (C=O) groups is 2. The van der Waals surface area contributed by atoms with Crippen LogP contribution in [0.25, 0.3) is 0 Å². The molecule has 0 saturated carbocycles. The lowest BCUT2D eigenvalue weighted by atomic mass is 10.0. The van der Waals surface area contributed by atoms with E-state index >= 15 is 0 Å². The Balaban J connectivity index is 0.000000211. The number of hydrogen-bond donors (Lipinski definition) is 0. The monoisotopic (exact) mass is 502 g/mol. The van der Waals surface area contributed by atoms with E-state index in [4.69, 9.17) is 20.0 Å². The van der Waals surface area contributed by atoms with E-state index in [0.29, 0.717) is 48.4 Å². The van der Waals surface area contributed by atoms with Gasteiger partial charge in [0.1, 0.15) is 49.1 Å². The SMILES string of the molecule is N#CC(C=O)c1ccccc1OCc1ccccc1.N#CC(C=O)c1ccccc1OCc1ccccc1. The predicted octanol–water partition coefficient (Wildman–Crippen LogP) is 6.14. The molecular weight excluding hydrogens is 476 g/mol. The Bertz CT molecular complexity index is 1280. The first-order valence-corrected chi connectivity index (χ1v) is 11.9. The number of nitriles is 2. The minimum Gasteiger partial charge on any atom is -0.489 e. The van der Waals surface area contributed by atoms with Crippen LogP contribution in [0, 0.1) is 22.7 Å². The van der Waals surface area contributed by atoms with E-state index in [1.807, 2.05) is 84.9 Å². The first kappa shape index (κ1) is 27.4. The number of benzene rings is 4. The highest BCUT2D eigenvalue weighted by atomic mass is 16.5. The highest BCUT2D eigenvalue weighted by molar-refractivity contribution is 5.69. The van der Waals surface area contributed by atoms with Crippen molar-refractivity contribution < 1.29 is 19.1 Å². The molecule has 0 saturated heterocycles. The molecule has 4 aromatic rings. The van der Waals surface area contributed by atoms with E-state index in [9.17, 15) is 9.59 Å². The Morgan fingerprint density at radius 2 is 0.895 bits per heavy atom. The second kappa shape index (κ2) is 15.0. The van der Waals surface area contributed by atoms with Crippen LogP contribution in [0.15, 0.2) is 109 Å². The Kier molecular flexibility index (Phi) is 10.8. The zero-order chi connectivity index (χ0) is 27.0. The molecule has 0 bridgehead atoms. The molecular formula is C32H26N2O4. The molecule has 188 valence electrons. The van der Waals surface area contributed by atoms with Crippen LogP contribution < -0.4 is 9.47 Å². The van der Waals surface area contributed by atoms with Crippen LogP contribution in [0.2, 0.25) is 0 Å². The second-order valence-electron chi connectivity index (χ2n) is 8.11. The summed E-state index contributed by atoms with van der Waals surface area (Å²) in [5.74, 6) is -0.422. The van der Waals surface area contributed by atoms with Gasteiger partial charge in [0, 0.05) is 11.1 Å². The summed E-state index contributed by atoms with van der Waals surface area (Å²) >= 11 is 0. The van der Waals surface area contributed by atoms with Gasteiger partial charge in [-0.05, 0) is 23.3 Å². The fourth-order valence-electron chi connectivity index (χ4n) is 3.56. The summed E-state index contributed by atoms with van der Waals surface area (Å²) in [5, 5.41) is 17.9. The highest BCUT2D eigenvalue weighted by Crippen LogP contribution is 2.27. The molecule has 4 aromatic carbocycles. The molecule has 0 aliphatic rings. The van der Waals surface area contributed by atoms with Gasteiger partial charge in [-0.25, -0.2) is 0 Å². The molecule has 0 amide bonds.